The normalized spacial score (nSPS) is 8.38. The minimum Gasteiger partial charge on any atom is -0.854 e. The van der Waals surface area contributed by atoms with Gasteiger partial charge in [-0.2, -0.15) is 0 Å². The van der Waals surface area contributed by atoms with E-state index in [-0.39, 0.29) is 13.2 Å². The number of hydrogen-bond acceptors (Lipinski definition) is 3. The first-order valence-electron chi connectivity index (χ1n) is 4.62. The SMILES string of the molecule is CC(C)[O][Al+2].CCC[O-].CCC[O-]. The molecule has 0 aliphatic rings. The molecule has 0 heterocycles. The van der Waals surface area contributed by atoms with Crippen molar-refractivity contribution in [2.75, 3.05) is 13.2 Å². The van der Waals surface area contributed by atoms with Crippen LogP contribution in [-0.2, 0) is 3.79 Å². The van der Waals surface area contributed by atoms with E-state index in [4.69, 9.17) is 0 Å². The molecule has 0 aromatic rings. The predicted octanol–water partition coefficient (Wildman–Crippen LogP) is 0.00830. The summed E-state index contributed by atoms with van der Waals surface area (Å²) in [5, 5.41) is 18.6. The van der Waals surface area contributed by atoms with Crippen molar-refractivity contribution in [1.82, 2.24) is 0 Å². The average Bonchev–Trinajstić information content (AvgIpc) is 2.18. The van der Waals surface area contributed by atoms with Gasteiger partial charge in [0, 0.05) is 0 Å². The Hall–Kier alpha value is 0.412. The van der Waals surface area contributed by atoms with Crippen molar-refractivity contribution in [3.8, 4) is 0 Å². The Morgan fingerprint density at radius 1 is 1.08 bits per heavy atom. The van der Waals surface area contributed by atoms with Crippen molar-refractivity contribution >= 4 is 16.6 Å². The van der Waals surface area contributed by atoms with Crippen LogP contribution in [0.3, 0.4) is 0 Å². The van der Waals surface area contributed by atoms with Crippen molar-refractivity contribution in [3.05, 3.63) is 0 Å². The molecule has 13 heavy (non-hydrogen) atoms. The Morgan fingerprint density at radius 2 is 1.23 bits per heavy atom. The van der Waals surface area contributed by atoms with Gasteiger partial charge >= 0.3 is 40.4 Å². The van der Waals surface area contributed by atoms with Gasteiger partial charge in [-0.05, 0) is 0 Å². The molecular weight excluding hydrogens is 183 g/mol. The smallest absolute Gasteiger partial charge is 0.0667 e. The molecule has 0 saturated heterocycles. The fourth-order valence-corrected chi connectivity index (χ4v) is 0. The quantitative estimate of drug-likeness (QED) is 0.608. The Kier molecular flexibility index (Phi) is 33.5. The molecule has 0 bridgehead atoms. The summed E-state index contributed by atoms with van der Waals surface area (Å²) in [5.74, 6) is 0. The zero-order valence-electron chi connectivity index (χ0n) is 9.21. The van der Waals surface area contributed by atoms with Crippen LogP contribution in [0.4, 0.5) is 0 Å². The minimum atomic E-state index is 0.0694. The first-order valence-corrected chi connectivity index (χ1v) is 5.09. The van der Waals surface area contributed by atoms with Crippen molar-refractivity contribution < 1.29 is 14.0 Å². The van der Waals surface area contributed by atoms with E-state index < -0.39 is 0 Å². The van der Waals surface area contributed by atoms with E-state index in [0.29, 0.717) is 6.10 Å². The number of hydrogen-bond donors (Lipinski definition) is 0. The van der Waals surface area contributed by atoms with Crippen LogP contribution >= 0.6 is 0 Å². The van der Waals surface area contributed by atoms with E-state index in [2.05, 4.69) is 20.4 Å². The molecule has 0 aromatic carbocycles. The Labute approximate surface area is 90.9 Å². The maximum Gasteiger partial charge on any atom is -0.0667 e. The zero-order valence-corrected chi connectivity index (χ0v) is 10.4. The third-order valence-electron chi connectivity index (χ3n) is 0.680. The molecule has 78 valence electrons. The van der Waals surface area contributed by atoms with E-state index >= 15 is 0 Å². The standard InChI is InChI=1S/3C3H7O.Al/c1-3(2)4;2*1-2-3-4;/h3H,1-2H3;2*2-3H2,1H3;/q3*-1;+3. The summed E-state index contributed by atoms with van der Waals surface area (Å²) in [6.45, 7) is 7.83. The molecule has 3 nitrogen and oxygen atoms in total. The molecule has 0 aliphatic carbocycles. The van der Waals surface area contributed by atoms with Crippen molar-refractivity contribution in [3.63, 3.8) is 0 Å². The van der Waals surface area contributed by atoms with Crippen LogP contribution in [0.25, 0.3) is 0 Å². The summed E-state index contributed by atoms with van der Waals surface area (Å²) in [4.78, 5) is 0. The molecule has 0 fully saturated rings. The van der Waals surface area contributed by atoms with E-state index in [1.165, 1.54) is 0 Å². The molecule has 0 unspecified atom stereocenters. The zero-order chi connectivity index (χ0) is 11.1. The average molecular weight is 204 g/mol. The number of rotatable bonds is 3. The summed E-state index contributed by atoms with van der Waals surface area (Å²) in [6.07, 6.45) is 1.87. The van der Waals surface area contributed by atoms with E-state index in [1.54, 1.807) is 0 Å². The first-order chi connectivity index (χ1) is 6.10. The molecule has 0 atom stereocenters. The van der Waals surface area contributed by atoms with Gasteiger partial charge < -0.3 is 10.2 Å². The van der Waals surface area contributed by atoms with E-state index in [1.807, 2.05) is 27.7 Å². The van der Waals surface area contributed by atoms with Gasteiger partial charge in [-0.15, -0.1) is 13.2 Å². The van der Waals surface area contributed by atoms with Crippen LogP contribution in [0.1, 0.15) is 40.5 Å². The molecule has 0 spiro atoms. The van der Waals surface area contributed by atoms with E-state index in [0.717, 1.165) is 12.8 Å². The largest absolute Gasteiger partial charge is 0.854 e. The summed E-state index contributed by atoms with van der Waals surface area (Å²) in [5.41, 5.74) is 0. The van der Waals surface area contributed by atoms with Gasteiger partial charge in [0.2, 0.25) is 0 Å². The van der Waals surface area contributed by atoms with Gasteiger partial charge in [0.1, 0.15) is 0 Å². The molecule has 0 radical (unpaired) electrons. The second-order valence-electron chi connectivity index (χ2n) is 2.59. The molecule has 0 N–H and O–H groups in total. The molecule has 4 heteroatoms. The predicted molar refractivity (Wildman–Crippen MR) is 52.3 cm³/mol. The molecule has 0 aromatic heterocycles. The summed E-state index contributed by atoms with van der Waals surface area (Å²) in [7, 11) is 0. The molecule has 0 amide bonds. The third kappa shape index (κ3) is 69.1. The Balaban J connectivity index is -0.000000117. The second-order valence-corrected chi connectivity index (χ2v) is 2.87. The summed E-state index contributed by atoms with van der Waals surface area (Å²) < 4.78 is 4.67. The van der Waals surface area contributed by atoms with Gasteiger partial charge in [-0.3, -0.25) is 0 Å². The van der Waals surface area contributed by atoms with Gasteiger partial charge in [-0.1, -0.05) is 26.7 Å². The van der Waals surface area contributed by atoms with Crippen LogP contribution in [0.5, 0.6) is 0 Å². The fraction of sp³-hybridized carbons (Fsp3) is 1.00. The Bertz CT molecular complexity index is 52.8. The van der Waals surface area contributed by atoms with Crippen LogP contribution < -0.4 is 10.2 Å². The van der Waals surface area contributed by atoms with Gasteiger partial charge in [0.25, 0.3) is 0 Å². The topological polar surface area (TPSA) is 55.3 Å². The molecule has 0 saturated carbocycles. The maximum atomic E-state index is 9.30. The van der Waals surface area contributed by atoms with Crippen LogP contribution in [0.15, 0.2) is 0 Å². The van der Waals surface area contributed by atoms with Gasteiger partial charge in [-0.25, -0.2) is 0 Å². The second kappa shape index (κ2) is 22.8. The van der Waals surface area contributed by atoms with Crippen LogP contribution in [0.2, 0.25) is 0 Å². The monoisotopic (exact) mass is 204 g/mol. The molecular formula is C9H21AlO3. The summed E-state index contributed by atoms with van der Waals surface area (Å²) in [6, 6.07) is 0. The minimum absolute atomic E-state index is 0.0694. The van der Waals surface area contributed by atoms with Gasteiger partial charge in [0.15, 0.2) is 0 Å². The van der Waals surface area contributed by atoms with Crippen molar-refractivity contribution in [2.24, 2.45) is 0 Å². The fourth-order valence-electron chi connectivity index (χ4n) is 0. The summed E-state index contributed by atoms with van der Waals surface area (Å²) >= 11 is 2.19. The first kappa shape index (κ1) is 19.1. The Morgan fingerprint density at radius 3 is 1.23 bits per heavy atom. The van der Waals surface area contributed by atoms with Crippen LogP contribution in [-0.4, -0.2) is 35.9 Å². The maximum absolute atomic E-state index is 9.30. The van der Waals surface area contributed by atoms with Gasteiger partial charge in [0.05, 0.1) is 0 Å². The van der Waals surface area contributed by atoms with Crippen molar-refractivity contribution in [1.29, 1.82) is 0 Å². The van der Waals surface area contributed by atoms with E-state index in [9.17, 15) is 10.2 Å². The molecule has 0 rings (SSSR count). The molecule has 0 aliphatic heterocycles. The van der Waals surface area contributed by atoms with Crippen LogP contribution in [0, 0.1) is 0 Å². The third-order valence-corrected chi connectivity index (χ3v) is 1.22. The van der Waals surface area contributed by atoms with Crippen molar-refractivity contribution in [2.45, 2.75) is 46.6 Å².